The number of carbonyl (C=O) groups is 1. The molecule has 0 radical (unpaired) electrons. The number of alkyl halides is 3. The minimum Gasteiger partial charge on any atom is -0.490 e. The van der Waals surface area contributed by atoms with Crippen molar-refractivity contribution >= 4 is 28.6 Å². The molecule has 2 aliphatic heterocycles. The van der Waals surface area contributed by atoms with E-state index in [2.05, 4.69) is 15.0 Å². The molecular weight excluding hydrogens is 517 g/mol. The van der Waals surface area contributed by atoms with E-state index in [0.29, 0.717) is 43.9 Å². The normalized spacial score (nSPS) is 26.2. The lowest BCUT2D eigenvalue weighted by atomic mass is 9.92. The van der Waals surface area contributed by atoms with E-state index >= 15 is 0 Å². The molecule has 1 aliphatic carbocycles. The monoisotopic (exact) mass is 548 g/mol. The molecule has 2 aromatic heterocycles. The molecular formula is C26H31F3N6O4. The second-order valence-corrected chi connectivity index (χ2v) is 10.5. The first-order valence-electron chi connectivity index (χ1n) is 13.3. The Morgan fingerprint density at radius 1 is 1.13 bits per heavy atom. The summed E-state index contributed by atoms with van der Waals surface area (Å²) < 4.78 is 59.4. The number of nitrogens with zero attached hydrogens (tertiary/aromatic N) is 5. The second-order valence-electron chi connectivity index (χ2n) is 10.5. The fourth-order valence-corrected chi connectivity index (χ4v) is 5.66. The van der Waals surface area contributed by atoms with Crippen molar-refractivity contribution in [3.63, 3.8) is 0 Å². The van der Waals surface area contributed by atoms with E-state index in [1.54, 1.807) is 6.33 Å². The minimum absolute atomic E-state index is 0.123. The number of imidazole rings is 1. The van der Waals surface area contributed by atoms with E-state index in [1.807, 2.05) is 40.7 Å². The van der Waals surface area contributed by atoms with Crippen LogP contribution in [0.15, 0.2) is 30.7 Å². The Labute approximate surface area is 223 Å². The molecule has 1 amide bonds. The maximum Gasteiger partial charge on any atom is 0.427 e. The van der Waals surface area contributed by atoms with Crippen LogP contribution in [-0.2, 0) is 16.5 Å². The molecule has 3 aliphatic rings. The number of fused-ring (bicyclic) bond motifs is 1. The molecule has 3 fully saturated rings. The van der Waals surface area contributed by atoms with Crippen molar-refractivity contribution < 1.29 is 32.2 Å². The van der Waals surface area contributed by atoms with Gasteiger partial charge in [-0.15, -0.1) is 0 Å². The zero-order valence-corrected chi connectivity index (χ0v) is 21.6. The molecule has 13 heteroatoms. The van der Waals surface area contributed by atoms with Crippen LogP contribution in [0.3, 0.4) is 0 Å². The standard InChI is InChI=1S/C26H31F3N6O4/c1-33-15-30-24-20(31-23-8-9-35(32-23)17-3-2-10-37-14-17)11-19(12-21(24)33)38-18-6-4-16(5-7-18)34-13-22(26(27,28)29)39-25(34)36/h8-9,11-12,15-18,22H,2-7,10,13-14H2,1H3,(H,31,32)/t16-,17-,18+,22-/m1/s1. The van der Waals surface area contributed by atoms with Gasteiger partial charge in [-0.3, -0.25) is 4.68 Å². The number of aryl methyl sites for hydroxylation is 1. The Morgan fingerprint density at radius 3 is 2.67 bits per heavy atom. The van der Waals surface area contributed by atoms with Crippen molar-refractivity contribution in [1.29, 1.82) is 0 Å². The van der Waals surface area contributed by atoms with Crippen LogP contribution in [0, 0.1) is 0 Å². The summed E-state index contributed by atoms with van der Waals surface area (Å²) >= 11 is 0. The van der Waals surface area contributed by atoms with Crippen molar-refractivity contribution in [2.45, 2.75) is 69.0 Å². The number of hydrogen-bond donors (Lipinski definition) is 1. The molecule has 10 nitrogen and oxygen atoms in total. The summed E-state index contributed by atoms with van der Waals surface area (Å²) in [7, 11) is 1.91. The Morgan fingerprint density at radius 2 is 1.95 bits per heavy atom. The predicted molar refractivity (Wildman–Crippen MR) is 135 cm³/mol. The van der Waals surface area contributed by atoms with E-state index in [-0.39, 0.29) is 18.2 Å². The topological polar surface area (TPSA) is 95.7 Å². The van der Waals surface area contributed by atoms with Gasteiger partial charge in [-0.25, -0.2) is 9.78 Å². The number of ether oxygens (including phenoxy) is 3. The zero-order chi connectivity index (χ0) is 27.1. The average Bonchev–Trinajstić information content (AvgIpc) is 3.64. The molecule has 1 aromatic carbocycles. The van der Waals surface area contributed by atoms with Crippen LogP contribution < -0.4 is 10.1 Å². The van der Waals surface area contributed by atoms with E-state index in [1.165, 1.54) is 4.90 Å². The van der Waals surface area contributed by atoms with E-state index in [4.69, 9.17) is 14.6 Å². The number of nitrogens with one attached hydrogen (secondary N) is 1. The summed E-state index contributed by atoms with van der Waals surface area (Å²) in [5.74, 6) is 1.36. The van der Waals surface area contributed by atoms with Gasteiger partial charge in [-0.2, -0.15) is 18.3 Å². The highest BCUT2D eigenvalue weighted by Gasteiger charge is 2.51. The number of cyclic esters (lactones) is 1. The van der Waals surface area contributed by atoms with Gasteiger partial charge in [0.1, 0.15) is 11.3 Å². The largest absolute Gasteiger partial charge is 0.490 e. The molecule has 1 saturated carbocycles. The van der Waals surface area contributed by atoms with Crippen LogP contribution in [0.2, 0.25) is 0 Å². The predicted octanol–water partition coefficient (Wildman–Crippen LogP) is 4.94. The number of rotatable bonds is 6. The van der Waals surface area contributed by atoms with E-state index < -0.39 is 24.9 Å². The lowest BCUT2D eigenvalue weighted by Crippen LogP contribution is -2.42. The lowest BCUT2D eigenvalue weighted by Gasteiger charge is -2.33. The maximum absolute atomic E-state index is 13.0. The van der Waals surface area contributed by atoms with Gasteiger partial charge in [-0.05, 0) is 38.5 Å². The van der Waals surface area contributed by atoms with Crippen LogP contribution in [0.1, 0.15) is 44.6 Å². The highest BCUT2D eigenvalue weighted by atomic mass is 19.4. The van der Waals surface area contributed by atoms with Crippen molar-refractivity contribution in [2.75, 3.05) is 25.1 Å². The molecule has 2 atom stereocenters. The Kier molecular flexibility index (Phi) is 6.77. The van der Waals surface area contributed by atoms with Gasteiger partial charge in [0.25, 0.3) is 0 Å². The van der Waals surface area contributed by atoms with Gasteiger partial charge in [0, 0.05) is 44.1 Å². The second kappa shape index (κ2) is 10.2. The summed E-state index contributed by atoms with van der Waals surface area (Å²) in [5, 5.41) is 8.08. The molecule has 3 aromatic rings. The third-order valence-corrected chi connectivity index (χ3v) is 7.78. The number of anilines is 2. The first-order chi connectivity index (χ1) is 18.7. The summed E-state index contributed by atoms with van der Waals surface area (Å²) in [5.41, 5.74) is 2.44. The Balaban J connectivity index is 1.13. The number of hydrogen-bond acceptors (Lipinski definition) is 7. The van der Waals surface area contributed by atoms with Crippen molar-refractivity contribution in [1.82, 2.24) is 24.2 Å². The zero-order valence-electron chi connectivity index (χ0n) is 21.6. The number of carbonyl (C=O) groups excluding carboxylic acids is 1. The number of benzene rings is 1. The third kappa shape index (κ3) is 5.36. The van der Waals surface area contributed by atoms with Gasteiger partial charge in [0.15, 0.2) is 5.82 Å². The van der Waals surface area contributed by atoms with Crippen molar-refractivity contribution in [3.8, 4) is 5.75 Å². The average molecular weight is 549 g/mol. The quantitative estimate of drug-likeness (QED) is 0.466. The molecule has 4 heterocycles. The fraction of sp³-hybridized carbons (Fsp3) is 0.577. The smallest absolute Gasteiger partial charge is 0.427 e. The molecule has 1 N–H and O–H groups in total. The molecule has 6 rings (SSSR count). The van der Waals surface area contributed by atoms with Gasteiger partial charge >= 0.3 is 12.3 Å². The van der Waals surface area contributed by atoms with Gasteiger partial charge in [0.05, 0.1) is 42.8 Å². The van der Waals surface area contributed by atoms with Gasteiger partial charge in [-0.1, -0.05) is 0 Å². The summed E-state index contributed by atoms with van der Waals surface area (Å²) in [6.07, 6.45) is 0.433. The molecule has 0 bridgehead atoms. The Hall–Kier alpha value is -3.48. The molecule has 0 spiro atoms. The molecule has 0 unspecified atom stereocenters. The van der Waals surface area contributed by atoms with Gasteiger partial charge in [0.2, 0.25) is 6.10 Å². The highest BCUT2D eigenvalue weighted by Crippen LogP contribution is 2.36. The van der Waals surface area contributed by atoms with Crippen molar-refractivity contribution in [2.24, 2.45) is 7.05 Å². The maximum atomic E-state index is 13.0. The van der Waals surface area contributed by atoms with Crippen LogP contribution in [0.25, 0.3) is 11.0 Å². The molecule has 210 valence electrons. The van der Waals surface area contributed by atoms with E-state index in [9.17, 15) is 18.0 Å². The SMILES string of the molecule is Cn1cnc2c(Nc3ccn([C@@H]4CCCOC4)n3)cc(O[C@H]3CC[C@@H](N4C[C@H](C(F)(F)F)OC4=O)CC3)cc21. The lowest BCUT2D eigenvalue weighted by molar-refractivity contribution is -0.192. The first-order valence-corrected chi connectivity index (χ1v) is 13.3. The minimum atomic E-state index is -4.55. The summed E-state index contributed by atoms with van der Waals surface area (Å²) in [6.45, 7) is 0.992. The Bertz CT molecular complexity index is 1330. The summed E-state index contributed by atoms with van der Waals surface area (Å²) in [4.78, 5) is 17.8. The van der Waals surface area contributed by atoms with E-state index in [0.717, 1.165) is 36.2 Å². The number of aromatic nitrogens is 4. The molecule has 2 saturated heterocycles. The number of amides is 1. The summed E-state index contributed by atoms with van der Waals surface area (Å²) in [6, 6.07) is 5.69. The first kappa shape index (κ1) is 25.8. The van der Waals surface area contributed by atoms with Gasteiger partial charge < -0.3 is 29.0 Å². The molecule has 39 heavy (non-hydrogen) atoms. The van der Waals surface area contributed by atoms with Crippen LogP contribution in [-0.4, -0.2) is 74.5 Å². The van der Waals surface area contributed by atoms with Crippen molar-refractivity contribution in [3.05, 3.63) is 30.7 Å². The van der Waals surface area contributed by atoms with Crippen LogP contribution in [0.4, 0.5) is 29.5 Å². The van der Waals surface area contributed by atoms with Crippen LogP contribution in [0.5, 0.6) is 5.75 Å². The highest BCUT2D eigenvalue weighted by molar-refractivity contribution is 5.91. The number of halogens is 3. The van der Waals surface area contributed by atoms with Crippen LogP contribution >= 0.6 is 0 Å². The third-order valence-electron chi connectivity index (χ3n) is 7.78. The fourth-order valence-electron chi connectivity index (χ4n) is 5.66.